The van der Waals surface area contributed by atoms with Crippen LogP contribution in [0.5, 0.6) is 5.75 Å². The average molecular weight is 488 g/mol. The van der Waals surface area contributed by atoms with Crippen LogP contribution in [-0.4, -0.2) is 71.1 Å². The molecule has 6 heterocycles. The first-order valence-electron chi connectivity index (χ1n) is 13.0. The molecule has 0 saturated carbocycles. The number of pyridine rings is 2. The lowest BCUT2D eigenvalue weighted by atomic mass is 9.87. The van der Waals surface area contributed by atoms with Crippen LogP contribution >= 0.6 is 0 Å². The van der Waals surface area contributed by atoms with E-state index in [1.165, 1.54) is 5.56 Å². The Morgan fingerprint density at radius 3 is 2.69 bits per heavy atom. The molecule has 0 bridgehead atoms. The zero-order chi connectivity index (χ0) is 24.8. The van der Waals surface area contributed by atoms with Crippen molar-refractivity contribution in [2.45, 2.75) is 57.6 Å². The van der Waals surface area contributed by atoms with E-state index in [2.05, 4.69) is 41.1 Å². The molecule has 0 aliphatic carbocycles. The number of nitrogens with zero attached hydrogens (tertiary/aromatic N) is 4. The highest BCUT2D eigenvalue weighted by Crippen LogP contribution is 2.44. The summed E-state index contributed by atoms with van der Waals surface area (Å²) in [5.74, 6) is 7.78. The number of likely N-dealkylation sites (tertiary alicyclic amines) is 2. The van der Waals surface area contributed by atoms with Crippen molar-refractivity contribution in [3.05, 3.63) is 40.8 Å². The Bertz CT molecular complexity index is 1230. The summed E-state index contributed by atoms with van der Waals surface area (Å²) in [6.07, 6.45) is 3.84. The van der Waals surface area contributed by atoms with Crippen molar-refractivity contribution in [1.29, 1.82) is 0 Å². The SMILES string of the molecule is CC#CC(=O)N1CC(N2CC(c3cc4c(c(C)n3)O[C@H](C)c3c(C5CCOCC5)ccnc3N4)C2)C1. The van der Waals surface area contributed by atoms with Crippen molar-refractivity contribution in [3.8, 4) is 17.6 Å². The van der Waals surface area contributed by atoms with E-state index in [0.717, 1.165) is 86.4 Å². The van der Waals surface area contributed by atoms with Crippen LogP contribution in [0.2, 0.25) is 0 Å². The number of anilines is 2. The van der Waals surface area contributed by atoms with Crippen LogP contribution in [0.3, 0.4) is 0 Å². The molecule has 4 aliphatic rings. The third-order valence-corrected chi connectivity index (χ3v) is 8.03. The van der Waals surface area contributed by atoms with Crippen molar-refractivity contribution in [2.75, 3.05) is 44.7 Å². The number of amides is 1. The van der Waals surface area contributed by atoms with E-state index in [-0.39, 0.29) is 12.0 Å². The van der Waals surface area contributed by atoms with Gasteiger partial charge in [0.2, 0.25) is 0 Å². The Labute approximate surface area is 212 Å². The molecule has 3 saturated heterocycles. The predicted molar refractivity (Wildman–Crippen MR) is 136 cm³/mol. The largest absolute Gasteiger partial charge is 0.482 e. The van der Waals surface area contributed by atoms with Gasteiger partial charge < -0.3 is 19.7 Å². The van der Waals surface area contributed by atoms with Crippen LogP contribution in [0.25, 0.3) is 0 Å². The molecule has 0 spiro atoms. The maximum Gasteiger partial charge on any atom is 0.298 e. The lowest BCUT2D eigenvalue weighted by molar-refractivity contribution is -0.133. The van der Waals surface area contributed by atoms with Crippen molar-refractivity contribution in [1.82, 2.24) is 19.8 Å². The number of carbonyl (C=O) groups is 1. The van der Waals surface area contributed by atoms with Crippen LogP contribution in [0.4, 0.5) is 11.5 Å². The zero-order valence-electron chi connectivity index (χ0n) is 21.2. The Hall–Kier alpha value is -3.15. The van der Waals surface area contributed by atoms with Gasteiger partial charge in [-0.25, -0.2) is 4.98 Å². The summed E-state index contributed by atoms with van der Waals surface area (Å²) in [6, 6.07) is 4.71. The predicted octanol–water partition coefficient (Wildman–Crippen LogP) is 3.51. The topological polar surface area (TPSA) is 79.8 Å². The molecule has 1 amide bonds. The molecule has 0 radical (unpaired) electrons. The van der Waals surface area contributed by atoms with Gasteiger partial charge >= 0.3 is 0 Å². The first kappa shape index (κ1) is 23.3. The monoisotopic (exact) mass is 487 g/mol. The number of ether oxygens (including phenoxy) is 2. The Morgan fingerprint density at radius 2 is 1.94 bits per heavy atom. The van der Waals surface area contributed by atoms with Gasteiger partial charge in [-0.2, -0.15) is 0 Å². The molecular formula is C28H33N5O3. The second-order valence-corrected chi connectivity index (χ2v) is 10.3. The summed E-state index contributed by atoms with van der Waals surface area (Å²) >= 11 is 0. The lowest BCUT2D eigenvalue weighted by Crippen LogP contribution is -2.65. The average Bonchev–Trinajstić information content (AvgIpc) is 2.96. The molecule has 188 valence electrons. The molecule has 1 N–H and O–H groups in total. The molecule has 2 aromatic rings. The number of rotatable bonds is 3. The van der Waals surface area contributed by atoms with Crippen molar-refractivity contribution in [3.63, 3.8) is 0 Å². The van der Waals surface area contributed by atoms with Crippen LogP contribution < -0.4 is 10.1 Å². The van der Waals surface area contributed by atoms with Gasteiger partial charge in [0.1, 0.15) is 11.9 Å². The molecule has 2 aromatic heterocycles. The molecule has 8 nitrogen and oxygen atoms in total. The van der Waals surface area contributed by atoms with Gasteiger partial charge in [-0.05, 0) is 63.1 Å². The maximum atomic E-state index is 11.9. The van der Waals surface area contributed by atoms with Gasteiger partial charge in [-0.1, -0.05) is 5.92 Å². The number of hydrogen-bond donors (Lipinski definition) is 1. The molecular weight excluding hydrogens is 454 g/mol. The summed E-state index contributed by atoms with van der Waals surface area (Å²) in [5, 5.41) is 3.61. The Morgan fingerprint density at radius 1 is 1.17 bits per heavy atom. The minimum Gasteiger partial charge on any atom is -0.482 e. The molecule has 36 heavy (non-hydrogen) atoms. The van der Waals surface area contributed by atoms with Crippen molar-refractivity contribution < 1.29 is 14.3 Å². The highest BCUT2D eigenvalue weighted by Gasteiger charge is 2.41. The fourth-order valence-corrected chi connectivity index (χ4v) is 5.91. The van der Waals surface area contributed by atoms with E-state index in [4.69, 9.17) is 19.4 Å². The quantitative estimate of drug-likeness (QED) is 0.664. The van der Waals surface area contributed by atoms with E-state index in [1.54, 1.807) is 6.92 Å². The summed E-state index contributed by atoms with van der Waals surface area (Å²) in [4.78, 5) is 25.8. The van der Waals surface area contributed by atoms with Crippen LogP contribution in [0.15, 0.2) is 18.3 Å². The number of nitrogens with one attached hydrogen (secondary N) is 1. The van der Waals surface area contributed by atoms with Gasteiger partial charge in [0.15, 0.2) is 5.75 Å². The minimum absolute atomic E-state index is 0.0666. The first-order valence-corrected chi connectivity index (χ1v) is 13.0. The molecule has 0 unspecified atom stereocenters. The third-order valence-electron chi connectivity index (χ3n) is 8.03. The summed E-state index contributed by atoms with van der Waals surface area (Å²) in [6.45, 7) is 10.9. The number of fused-ring (bicyclic) bond motifs is 2. The molecule has 4 aliphatic heterocycles. The van der Waals surface area contributed by atoms with E-state index >= 15 is 0 Å². The van der Waals surface area contributed by atoms with Crippen LogP contribution in [0.1, 0.15) is 67.1 Å². The smallest absolute Gasteiger partial charge is 0.298 e. The maximum absolute atomic E-state index is 11.9. The Balaban J connectivity index is 1.19. The first-order chi connectivity index (χ1) is 17.5. The van der Waals surface area contributed by atoms with E-state index in [1.807, 2.05) is 18.0 Å². The van der Waals surface area contributed by atoms with Crippen molar-refractivity contribution in [2.24, 2.45) is 0 Å². The highest BCUT2D eigenvalue weighted by molar-refractivity contribution is 5.94. The fourth-order valence-electron chi connectivity index (χ4n) is 5.91. The van der Waals surface area contributed by atoms with E-state index in [0.29, 0.717) is 17.9 Å². The number of hydrogen-bond acceptors (Lipinski definition) is 7. The minimum atomic E-state index is -0.118. The number of carbonyl (C=O) groups excluding carboxylic acids is 1. The molecule has 6 rings (SSSR count). The fraction of sp³-hybridized carbons (Fsp3) is 0.536. The lowest BCUT2D eigenvalue weighted by Gasteiger charge is -2.51. The van der Waals surface area contributed by atoms with Gasteiger partial charge in [-0.15, -0.1) is 0 Å². The molecule has 8 heteroatoms. The third kappa shape index (κ3) is 4.10. The number of aryl methyl sites for hydroxylation is 1. The molecule has 1 atom stereocenters. The molecule has 3 fully saturated rings. The zero-order valence-corrected chi connectivity index (χ0v) is 21.2. The summed E-state index contributed by atoms with van der Waals surface area (Å²) in [5.41, 5.74) is 5.39. The normalized spacial score (nSPS) is 22.5. The molecule has 0 aromatic carbocycles. The van der Waals surface area contributed by atoms with Gasteiger partial charge in [-0.3, -0.25) is 14.7 Å². The summed E-state index contributed by atoms with van der Waals surface area (Å²) in [7, 11) is 0. The van der Waals surface area contributed by atoms with E-state index in [9.17, 15) is 4.79 Å². The number of aromatic nitrogens is 2. The Kier molecular flexibility index (Phi) is 6.06. The van der Waals surface area contributed by atoms with Gasteiger partial charge in [0.05, 0.1) is 11.4 Å². The highest BCUT2D eigenvalue weighted by atomic mass is 16.5. The van der Waals surface area contributed by atoms with Crippen molar-refractivity contribution >= 4 is 17.4 Å². The van der Waals surface area contributed by atoms with Crippen LogP contribution in [0, 0.1) is 18.8 Å². The van der Waals surface area contributed by atoms with Gasteiger partial charge in [0.25, 0.3) is 5.91 Å². The second kappa shape index (κ2) is 9.38. The van der Waals surface area contributed by atoms with E-state index < -0.39 is 0 Å². The second-order valence-electron chi connectivity index (χ2n) is 10.3. The van der Waals surface area contributed by atoms with Crippen LogP contribution in [-0.2, 0) is 9.53 Å². The van der Waals surface area contributed by atoms with Gasteiger partial charge in [0, 0.05) is 68.8 Å². The summed E-state index contributed by atoms with van der Waals surface area (Å²) < 4.78 is 12.1. The standard InChI is InChI=1S/C28H33N5O3/c1-4-5-25(34)33-15-21(16-33)32-13-20(14-32)23-12-24-27(17(2)30-23)36-18(3)26-22(6-9-29-28(26)31-24)19-7-10-35-11-8-19/h6,9,12,18-21H,7-8,10-11,13-16H2,1-3H3,(H,29,31)/t18-/m1/s1.